The number of amides is 11. The molecule has 91 heavy (non-hydrogen) atoms. The van der Waals surface area contributed by atoms with Crippen molar-refractivity contribution >= 4 is 81.8 Å². The van der Waals surface area contributed by atoms with Gasteiger partial charge in [0.05, 0.1) is 25.2 Å². The van der Waals surface area contributed by atoms with Crippen LogP contribution in [-0.2, 0) is 65.6 Å². The monoisotopic (exact) mass is 1270 g/mol. The maximum Gasteiger partial charge on any atom is 0.246 e. The van der Waals surface area contributed by atoms with Crippen LogP contribution in [-0.4, -0.2) is 183 Å². The number of aromatic nitrogens is 1. The van der Waals surface area contributed by atoms with E-state index in [1.165, 1.54) is 45.2 Å². The Kier molecular flexibility index (Phi) is 27.3. The number of nitrogens with two attached hydrogens (primary N) is 3. The Balaban J connectivity index is 1.14. The minimum absolute atomic E-state index is 0.0176. The number of fused-ring (bicyclic) bond motifs is 1. The normalized spacial score (nSPS) is 19.0. The second kappa shape index (κ2) is 34.9. The molecule has 498 valence electrons. The molecule has 29 heteroatoms. The molecule has 0 bridgehead atoms. The van der Waals surface area contributed by atoms with Crippen LogP contribution in [0.2, 0.25) is 0 Å². The summed E-state index contributed by atoms with van der Waals surface area (Å²) in [5, 5.41) is 56.0. The van der Waals surface area contributed by atoms with Crippen LogP contribution in [0.1, 0.15) is 128 Å². The van der Waals surface area contributed by atoms with E-state index in [0.717, 1.165) is 72.7 Å². The molecule has 1 aromatic heterocycles. The summed E-state index contributed by atoms with van der Waals surface area (Å²) in [6.07, 6.45) is 6.73. The van der Waals surface area contributed by atoms with Crippen molar-refractivity contribution in [3.05, 3.63) is 65.9 Å². The molecule has 1 saturated heterocycles. The topological polar surface area (TPSA) is 466 Å². The van der Waals surface area contributed by atoms with Crippen molar-refractivity contribution in [1.29, 1.82) is 0 Å². The van der Waals surface area contributed by atoms with Gasteiger partial charge >= 0.3 is 0 Å². The summed E-state index contributed by atoms with van der Waals surface area (Å²) < 4.78 is 0. The molecule has 0 radical (unpaired) electrons. The van der Waals surface area contributed by atoms with Crippen molar-refractivity contribution in [2.24, 2.45) is 34.0 Å². The van der Waals surface area contributed by atoms with Crippen molar-refractivity contribution in [3.63, 3.8) is 0 Å². The number of β-amino-alcohol motifs (C(OH)–C–C–N with tert-alkyl or cyclic N) is 1. The van der Waals surface area contributed by atoms with E-state index in [4.69, 9.17) is 17.2 Å². The zero-order chi connectivity index (χ0) is 66.3. The number of carbonyl (C=O) groups is 11. The number of H-pyrrole nitrogens is 1. The quantitative estimate of drug-likeness (QED) is 0.0185. The summed E-state index contributed by atoms with van der Waals surface area (Å²) in [5.41, 5.74) is 19.3. The first-order valence-corrected chi connectivity index (χ1v) is 31.3. The first-order valence-electron chi connectivity index (χ1n) is 31.3. The molecule has 3 aliphatic rings. The predicted octanol–water partition coefficient (Wildman–Crippen LogP) is -1.85. The zero-order valence-electron chi connectivity index (χ0n) is 51.9. The number of para-hydroxylation sites is 1. The number of guanidine groups is 1. The molecule has 2 aromatic carbocycles. The number of aromatic amines is 1. The van der Waals surface area contributed by atoms with Crippen LogP contribution in [0.5, 0.6) is 5.75 Å². The lowest BCUT2D eigenvalue weighted by atomic mass is 9.84. The number of aliphatic hydroxyl groups excluding tert-OH is 2. The van der Waals surface area contributed by atoms with Gasteiger partial charge in [0.25, 0.3) is 0 Å². The third-order valence-electron chi connectivity index (χ3n) is 16.9. The van der Waals surface area contributed by atoms with Crippen molar-refractivity contribution in [2.75, 3.05) is 26.7 Å². The molecule has 2 aliphatic carbocycles. The molecule has 0 spiro atoms. The standard InChI is InChI=1S/C62H91N15O14/c1-34(78)53(76-58(88)48(30-51(63)82)74-59(89)50-29-41(81)33-77(50)61(91)49(70-35(2)79)27-38-20-22-40(80)23-21-38)60(90)75-46(25-36-13-6-4-7-14-36)55(85)69-32-52(83)71-47(26-37-15-8-5-9-16-37)57(87)72-44(19-12-24-67-62(65)66-3)56(86)73-45(54(64)84)28-39-31-68-43-18-11-10-17-42(39)43/h10-11,17-18,20-23,31,34,36-37,41,44-50,53,68,78,80-81H,4-9,12-16,19,24-30,32-33H2,1-3H3,(H2,63,82)(H2,64,84)(H,69,85)(H,70,79)(H,71,83)(H,72,87)(H,73,86)(H,74,89)(H,75,90)(H,76,88)(H3,65,66,67)/t34-,41-,44+,45+,46+,47+,48+,49-,50+,53+/m1/s1. The number of aliphatic imine (C=N–C) groups is 1. The number of phenolic OH excluding ortho intramolecular Hbond substituents is 1. The van der Waals surface area contributed by atoms with Crippen molar-refractivity contribution in [3.8, 4) is 5.75 Å². The fourth-order valence-electron chi connectivity index (χ4n) is 12.1. The molecular formula is C62H91N15O14. The molecule has 2 heterocycles. The summed E-state index contributed by atoms with van der Waals surface area (Å²) >= 11 is 0. The Morgan fingerprint density at radius 1 is 0.670 bits per heavy atom. The van der Waals surface area contributed by atoms with Gasteiger partial charge in [-0.1, -0.05) is 94.5 Å². The van der Waals surface area contributed by atoms with Gasteiger partial charge in [0.2, 0.25) is 65.0 Å². The third kappa shape index (κ3) is 22.2. The maximum atomic E-state index is 14.5. The average Bonchev–Trinajstić information content (AvgIpc) is 1.81. The average molecular weight is 1270 g/mol. The van der Waals surface area contributed by atoms with Gasteiger partial charge in [-0.15, -0.1) is 0 Å². The molecule has 10 atom stereocenters. The van der Waals surface area contributed by atoms with Gasteiger partial charge in [-0.3, -0.25) is 57.7 Å². The lowest BCUT2D eigenvalue weighted by Crippen LogP contribution is -2.61. The van der Waals surface area contributed by atoms with Crippen LogP contribution < -0.4 is 65.1 Å². The van der Waals surface area contributed by atoms with E-state index >= 15 is 0 Å². The lowest BCUT2D eigenvalue weighted by molar-refractivity contribution is -0.142. The van der Waals surface area contributed by atoms with E-state index in [9.17, 15) is 68.1 Å². The first-order chi connectivity index (χ1) is 43.4. The number of nitrogens with zero attached hydrogens (tertiary/aromatic N) is 2. The highest BCUT2D eigenvalue weighted by atomic mass is 16.3. The fourth-order valence-corrected chi connectivity index (χ4v) is 12.1. The Bertz CT molecular complexity index is 3050. The molecule has 2 saturated carbocycles. The summed E-state index contributed by atoms with van der Waals surface area (Å²) in [4.78, 5) is 159. The number of rotatable bonds is 32. The van der Waals surface area contributed by atoms with Crippen molar-refractivity contribution < 1.29 is 68.1 Å². The van der Waals surface area contributed by atoms with Gasteiger partial charge in [0, 0.05) is 63.4 Å². The van der Waals surface area contributed by atoms with Gasteiger partial charge in [0.1, 0.15) is 54.1 Å². The third-order valence-corrected chi connectivity index (χ3v) is 16.9. The molecule has 3 aromatic rings. The van der Waals surface area contributed by atoms with Crippen LogP contribution in [0.4, 0.5) is 0 Å². The maximum absolute atomic E-state index is 14.5. The number of aromatic hydroxyl groups is 1. The second-order valence-electron chi connectivity index (χ2n) is 24.1. The van der Waals surface area contributed by atoms with Gasteiger partial charge in [-0.2, -0.15) is 0 Å². The zero-order valence-corrected chi connectivity index (χ0v) is 51.9. The fraction of sp³-hybridized carbons (Fsp3) is 0.581. The number of hydrogen-bond acceptors (Lipinski definition) is 15. The van der Waals surface area contributed by atoms with E-state index < -0.39 is 138 Å². The highest BCUT2D eigenvalue weighted by Gasteiger charge is 2.43. The van der Waals surface area contributed by atoms with E-state index in [1.807, 2.05) is 24.3 Å². The molecule has 1 aliphatic heterocycles. The van der Waals surface area contributed by atoms with Crippen LogP contribution >= 0.6 is 0 Å². The van der Waals surface area contributed by atoms with Crippen LogP contribution in [0.3, 0.4) is 0 Å². The van der Waals surface area contributed by atoms with Gasteiger partial charge in [-0.05, 0) is 73.8 Å². The molecule has 3 fully saturated rings. The van der Waals surface area contributed by atoms with Crippen molar-refractivity contribution in [2.45, 2.75) is 190 Å². The van der Waals surface area contributed by atoms with E-state index in [-0.39, 0.29) is 75.2 Å². The number of likely N-dealkylation sites (tertiary alicyclic amines) is 1. The molecule has 19 N–H and O–H groups in total. The Hall–Kier alpha value is -8.86. The van der Waals surface area contributed by atoms with Gasteiger partial charge in [-0.25, -0.2) is 0 Å². The predicted molar refractivity (Wildman–Crippen MR) is 334 cm³/mol. The van der Waals surface area contributed by atoms with Crippen LogP contribution in [0.15, 0.2) is 59.7 Å². The molecule has 6 rings (SSSR count). The molecular weight excluding hydrogens is 1180 g/mol. The van der Waals surface area contributed by atoms with Crippen LogP contribution in [0, 0.1) is 11.8 Å². The van der Waals surface area contributed by atoms with Crippen LogP contribution in [0.25, 0.3) is 10.9 Å². The van der Waals surface area contributed by atoms with Gasteiger partial charge < -0.3 is 90.3 Å². The largest absolute Gasteiger partial charge is 0.508 e. The minimum Gasteiger partial charge on any atom is -0.508 e. The number of nitrogens with one attached hydrogen (secondary N) is 10. The summed E-state index contributed by atoms with van der Waals surface area (Å²) in [6, 6.07) is 2.04. The smallest absolute Gasteiger partial charge is 0.246 e. The molecule has 11 amide bonds. The highest BCUT2D eigenvalue weighted by molar-refractivity contribution is 5.99. The Morgan fingerprint density at radius 2 is 1.26 bits per heavy atom. The van der Waals surface area contributed by atoms with E-state index in [1.54, 1.807) is 6.20 Å². The SMILES string of the molecule is CN=C(N)NCCC[C@H](NC(=O)[C@H](CC1CCCCC1)NC(=O)CNC(=O)[C@H](CC1CCCCC1)NC(=O)[C@@H](NC(=O)[C@H](CC(N)=O)NC(=O)[C@@H]1C[C@@H](O)CN1C(=O)[C@@H](Cc1ccc(O)cc1)NC(C)=O)[C@@H](C)O)C(=O)N[C@@H](Cc1c[nH]c2ccccc12)C(N)=O. The number of carbonyl (C=O) groups excluding carboxylic acids is 11. The Morgan fingerprint density at radius 3 is 1.87 bits per heavy atom. The number of phenols is 1. The molecule has 0 unspecified atom stereocenters. The molecule has 29 nitrogen and oxygen atoms in total. The summed E-state index contributed by atoms with van der Waals surface area (Å²) in [7, 11) is 1.50. The van der Waals surface area contributed by atoms with Gasteiger partial charge in [0.15, 0.2) is 5.96 Å². The van der Waals surface area contributed by atoms with Crippen molar-refractivity contribution in [1.82, 2.24) is 57.7 Å². The second-order valence-corrected chi connectivity index (χ2v) is 24.1. The number of hydrogen-bond donors (Lipinski definition) is 16. The summed E-state index contributed by atoms with van der Waals surface area (Å²) in [5.74, 6) is -9.36. The minimum atomic E-state index is -1.82. The first kappa shape index (κ1) is 71.2. The number of benzene rings is 2. The lowest BCUT2D eigenvalue weighted by Gasteiger charge is -2.30. The highest BCUT2D eigenvalue weighted by Crippen LogP contribution is 2.29. The number of aliphatic hydroxyl groups is 2. The summed E-state index contributed by atoms with van der Waals surface area (Å²) in [6.45, 7) is 1.61. The Labute approximate surface area is 528 Å². The van der Waals surface area contributed by atoms with E-state index in [2.05, 4.69) is 57.8 Å². The van der Waals surface area contributed by atoms with E-state index in [0.29, 0.717) is 24.8 Å². The number of primary amides is 2.